The van der Waals surface area contributed by atoms with E-state index in [0.29, 0.717) is 24.3 Å². The van der Waals surface area contributed by atoms with E-state index >= 15 is 0 Å². The van der Waals surface area contributed by atoms with Crippen LogP contribution in [0.15, 0.2) is 18.2 Å². The molecule has 0 heterocycles. The maximum atomic E-state index is 11.9. The van der Waals surface area contributed by atoms with Crippen LogP contribution in [0, 0.1) is 5.41 Å². The molecule has 1 aromatic rings. The van der Waals surface area contributed by atoms with Gasteiger partial charge in [0.2, 0.25) is 5.91 Å². The number of carboxylic acids is 1. The molecule has 0 spiro atoms. The first kappa shape index (κ1) is 14.2. The summed E-state index contributed by atoms with van der Waals surface area (Å²) in [5.41, 5.74) is -0.493. The van der Waals surface area contributed by atoms with Gasteiger partial charge in [-0.15, -0.1) is 0 Å². The van der Waals surface area contributed by atoms with Crippen molar-refractivity contribution in [3.8, 4) is 11.5 Å². The van der Waals surface area contributed by atoms with E-state index in [-0.39, 0.29) is 6.54 Å². The second-order valence-electron chi connectivity index (χ2n) is 4.75. The Morgan fingerprint density at radius 1 is 1.30 bits per heavy atom. The zero-order valence-electron chi connectivity index (χ0n) is 11.4. The van der Waals surface area contributed by atoms with E-state index in [1.807, 2.05) is 0 Å². The maximum absolute atomic E-state index is 11.9. The zero-order valence-corrected chi connectivity index (χ0v) is 11.4. The summed E-state index contributed by atoms with van der Waals surface area (Å²) in [5, 5.41) is 11.7. The third-order valence-corrected chi connectivity index (χ3v) is 3.52. The SMILES string of the molecule is COc1ccc(OC)c(CNC(=O)C2(C(=O)O)CC2)c1. The molecule has 1 saturated carbocycles. The number of benzene rings is 1. The standard InChI is InChI=1S/C14H17NO5/c1-19-10-3-4-11(20-2)9(7-10)8-15-12(16)14(5-6-14)13(17)18/h3-4,7H,5-6,8H2,1-2H3,(H,15,16)(H,17,18). The molecule has 1 fully saturated rings. The van der Waals surface area contributed by atoms with E-state index < -0.39 is 17.3 Å². The number of rotatable bonds is 6. The Labute approximate surface area is 116 Å². The minimum absolute atomic E-state index is 0.203. The highest BCUT2D eigenvalue weighted by atomic mass is 16.5. The first-order valence-corrected chi connectivity index (χ1v) is 6.26. The molecule has 0 bridgehead atoms. The molecule has 108 valence electrons. The van der Waals surface area contributed by atoms with Gasteiger partial charge >= 0.3 is 5.97 Å². The van der Waals surface area contributed by atoms with Crippen molar-refractivity contribution in [1.29, 1.82) is 0 Å². The molecule has 1 aromatic carbocycles. The molecule has 1 aliphatic carbocycles. The predicted octanol–water partition coefficient (Wildman–Crippen LogP) is 1.18. The normalized spacial score (nSPS) is 15.3. The van der Waals surface area contributed by atoms with Crippen molar-refractivity contribution in [2.75, 3.05) is 14.2 Å². The third kappa shape index (κ3) is 2.54. The van der Waals surface area contributed by atoms with Gasteiger partial charge in [-0.25, -0.2) is 0 Å². The van der Waals surface area contributed by atoms with Gasteiger partial charge in [-0.05, 0) is 31.0 Å². The van der Waals surface area contributed by atoms with Crippen LogP contribution in [0.3, 0.4) is 0 Å². The van der Waals surface area contributed by atoms with Gasteiger partial charge in [0.1, 0.15) is 16.9 Å². The molecule has 2 N–H and O–H groups in total. The molecule has 0 unspecified atom stereocenters. The largest absolute Gasteiger partial charge is 0.497 e. The zero-order chi connectivity index (χ0) is 14.8. The summed E-state index contributed by atoms with van der Waals surface area (Å²) >= 11 is 0. The predicted molar refractivity (Wildman–Crippen MR) is 70.7 cm³/mol. The van der Waals surface area contributed by atoms with Gasteiger partial charge in [0, 0.05) is 12.1 Å². The molecule has 0 aliphatic heterocycles. The van der Waals surface area contributed by atoms with Crippen LogP contribution in [-0.4, -0.2) is 31.2 Å². The number of hydrogen-bond donors (Lipinski definition) is 2. The van der Waals surface area contributed by atoms with E-state index in [2.05, 4.69) is 5.32 Å². The first-order valence-electron chi connectivity index (χ1n) is 6.26. The Kier molecular flexibility index (Phi) is 3.83. The fraction of sp³-hybridized carbons (Fsp3) is 0.429. The molecular formula is C14H17NO5. The number of nitrogens with one attached hydrogen (secondary N) is 1. The lowest BCUT2D eigenvalue weighted by atomic mass is 10.1. The first-order chi connectivity index (χ1) is 9.53. The summed E-state index contributed by atoms with van der Waals surface area (Å²) < 4.78 is 10.3. The van der Waals surface area contributed by atoms with Crippen LogP contribution in [0.4, 0.5) is 0 Å². The van der Waals surface area contributed by atoms with Gasteiger partial charge in [-0.3, -0.25) is 9.59 Å². The van der Waals surface area contributed by atoms with E-state index in [1.165, 1.54) is 7.11 Å². The van der Waals surface area contributed by atoms with Crippen molar-refractivity contribution in [2.45, 2.75) is 19.4 Å². The van der Waals surface area contributed by atoms with Crippen molar-refractivity contribution in [1.82, 2.24) is 5.32 Å². The summed E-state index contributed by atoms with van der Waals surface area (Å²) in [5.74, 6) is -0.247. The van der Waals surface area contributed by atoms with Crippen molar-refractivity contribution in [3.05, 3.63) is 23.8 Å². The van der Waals surface area contributed by atoms with Crippen LogP contribution in [0.25, 0.3) is 0 Å². The Hall–Kier alpha value is -2.24. The van der Waals surface area contributed by atoms with Crippen LogP contribution in [0.2, 0.25) is 0 Å². The lowest BCUT2D eigenvalue weighted by Crippen LogP contribution is -2.36. The van der Waals surface area contributed by atoms with E-state index in [0.717, 1.165) is 5.56 Å². The van der Waals surface area contributed by atoms with Crippen LogP contribution in [0.5, 0.6) is 11.5 Å². The topological polar surface area (TPSA) is 84.9 Å². The second kappa shape index (κ2) is 5.40. The molecule has 0 radical (unpaired) electrons. The van der Waals surface area contributed by atoms with Crippen molar-refractivity contribution in [3.63, 3.8) is 0 Å². The van der Waals surface area contributed by atoms with Gasteiger partial charge in [-0.2, -0.15) is 0 Å². The monoisotopic (exact) mass is 279 g/mol. The summed E-state index contributed by atoms with van der Waals surface area (Å²) in [6.07, 6.45) is 0.785. The Morgan fingerprint density at radius 2 is 2.00 bits per heavy atom. The van der Waals surface area contributed by atoms with Crippen LogP contribution in [0.1, 0.15) is 18.4 Å². The molecule has 1 amide bonds. The van der Waals surface area contributed by atoms with E-state index in [4.69, 9.17) is 14.6 Å². The molecule has 0 aromatic heterocycles. The average Bonchev–Trinajstić information content (AvgIpc) is 3.26. The minimum Gasteiger partial charge on any atom is -0.497 e. The number of methoxy groups -OCH3 is 2. The Bertz CT molecular complexity index is 536. The van der Waals surface area contributed by atoms with Gasteiger partial charge in [0.25, 0.3) is 0 Å². The number of aliphatic carboxylic acids is 1. The molecule has 2 rings (SSSR count). The smallest absolute Gasteiger partial charge is 0.319 e. The van der Waals surface area contributed by atoms with Crippen LogP contribution in [-0.2, 0) is 16.1 Å². The Balaban J connectivity index is 2.07. The van der Waals surface area contributed by atoms with Gasteiger partial charge in [0.05, 0.1) is 14.2 Å². The number of hydrogen-bond acceptors (Lipinski definition) is 4. The third-order valence-electron chi connectivity index (χ3n) is 3.52. The average molecular weight is 279 g/mol. The van der Waals surface area contributed by atoms with Gasteiger partial charge < -0.3 is 19.9 Å². The number of ether oxygens (including phenoxy) is 2. The highest BCUT2D eigenvalue weighted by Gasteiger charge is 2.56. The summed E-state index contributed by atoms with van der Waals surface area (Å²) in [6, 6.07) is 5.24. The molecule has 0 saturated heterocycles. The van der Waals surface area contributed by atoms with Crippen molar-refractivity contribution >= 4 is 11.9 Å². The number of carbonyl (C=O) groups is 2. The summed E-state index contributed by atoms with van der Waals surface area (Å²) in [7, 11) is 3.08. The van der Waals surface area contributed by atoms with Crippen LogP contribution < -0.4 is 14.8 Å². The van der Waals surface area contributed by atoms with E-state index in [9.17, 15) is 9.59 Å². The molecule has 20 heavy (non-hydrogen) atoms. The number of carboxylic acid groups (broad SMARTS) is 1. The second-order valence-corrected chi connectivity index (χ2v) is 4.75. The lowest BCUT2D eigenvalue weighted by molar-refractivity contribution is -0.149. The minimum atomic E-state index is -1.23. The number of carbonyl (C=O) groups excluding carboxylic acids is 1. The maximum Gasteiger partial charge on any atom is 0.319 e. The summed E-state index contributed by atoms with van der Waals surface area (Å²) in [4.78, 5) is 23.0. The Morgan fingerprint density at radius 3 is 2.50 bits per heavy atom. The molecule has 1 aliphatic rings. The van der Waals surface area contributed by atoms with Crippen molar-refractivity contribution < 1.29 is 24.2 Å². The van der Waals surface area contributed by atoms with Crippen LogP contribution >= 0.6 is 0 Å². The number of amides is 1. The lowest BCUT2D eigenvalue weighted by Gasteiger charge is -2.13. The molecule has 6 nitrogen and oxygen atoms in total. The fourth-order valence-corrected chi connectivity index (χ4v) is 2.03. The molecule has 6 heteroatoms. The van der Waals surface area contributed by atoms with E-state index in [1.54, 1.807) is 25.3 Å². The molecular weight excluding hydrogens is 262 g/mol. The fourth-order valence-electron chi connectivity index (χ4n) is 2.03. The summed E-state index contributed by atoms with van der Waals surface area (Å²) in [6.45, 7) is 0.203. The highest BCUT2D eigenvalue weighted by molar-refractivity contribution is 6.04. The highest BCUT2D eigenvalue weighted by Crippen LogP contribution is 2.46. The van der Waals surface area contributed by atoms with Gasteiger partial charge in [-0.1, -0.05) is 0 Å². The van der Waals surface area contributed by atoms with Gasteiger partial charge in [0.15, 0.2) is 0 Å². The molecule has 0 atom stereocenters. The quantitative estimate of drug-likeness (QED) is 0.764. The van der Waals surface area contributed by atoms with Crippen molar-refractivity contribution in [2.24, 2.45) is 5.41 Å².